The summed E-state index contributed by atoms with van der Waals surface area (Å²) in [5, 5.41) is 6.35. The zero-order valence-corrected chi connectivity index (χ0v) is 14.9. The largest absolute Gasteiger partial charge is 0.352 e. The van der Waals surface area contributed by atoms with E-state index in [1.54, 1.807) is 6.92 Å². The number of nitrogens with one attached hydrogen (secondary N) is 1. The van der Waals surface area contributed by atoms with Crippen molar-refractivity contribution in [3.63, 3.8) is 0 Å². The van der Waals surface area contributed by atoms with Crippen LogP contribution in [-0.2, 0) is 6.54 Å². The summed E-state index contributed by atoms with van der Waals surface area (Å²) < 4.78 is 28.0. The lowest BCUT2D eigenvalue weighted by molar-refractivity contribution is 0.0946. The van der Waals surface area contributed by atoms with Gasteiger partial charge in [0.25, 0.3) is 11.5 Å². The van der Waals surface area contributed by atoms with E-state index < -0.39 is 34.5 Å². The molecular formula is C19H16F2N4O3. The Kier molecular flexibility index (Phi) is 5.44. The van der Waals surface area contributed by atoms with Crippen LogP contribution in [0.15, 0.2) is 58.1 Å². The number of rotatable bonds is 5. The Labute approximate surface area is 157 Å². The average Bonchev–Trinajstić information content (AvgIpc) is 2.68. The van der Waals surface area contributed by atoms with Gasteiger partial charge in [0.15, 0.2) is 0 Å². The number of aromatic nitrogens is 3. The number of carbonyl (C=O) groups is 1. The second-order valence-corrected chi connectivity index (χ2v) is 5.90. The van der Waals surface area contributed by atoms with Gasteiger partial charge in [-0.15, -0.1) is 0 Å². The van der Waals surface area contributed by atoms with Gasteiger partial charge in [0.05, 0.1) is 12.2 Å². The normalized spacial score (nSPS) is 10.7. The van der Waals surface area contributed by atoms with E-state index in [0.29, 0.717) is 5.56 Å². The molecule has 144 valence electrons. The third-order valence-corrected chi connectivity index (χ3v) is 3.94. The highest BCUT2D eigenvalue weighted by atomic mass is 19.1. The predicted octanol–water partition coefficient (Wildman–Crippen LogP) is 1.47. The van der Waals surface area contributed by atoms with Crippen LogP contribution in [0, 0.1) is 11.6 Å². The van der Waals surface area contributed by atoms with Gasteiger partial charge in [-0.2, -0.15) is 9.78 Å². The molecular weight excluding hydrogens is 370 g/mol. The van der Waals surface area contributed by atoms with Crippen molar-refractivity contribution in [2.24, 2.45) is 0 Å². The highest BCUT2D eigenvalue weighted by Crippen LogP contribution is 2.07. The molecule has 0 bridgehead atoms. The monoisotopic (exact) mass is 386 g/mol. The molecule has 0 spiro atoms. The summed E-state index contributed by atoms with van der Waals surface area (Å²) in [5.74, 6) is -1.71. The lowest BCUT2D eigenvalue weighted by Crippen LogP contribution is -2.46. The zero-order valence-electron chi connectivity index (χ0n) is 14.9. The number of halogens is 2. The molecule has 0 fully saturated rings. The lowest BCUT2D eigenvalue weighted by atomic mass is 10.2. The van der Waals surface area contributed by atoms with E-state index in [0.717, 1.165) is 21.4 Å². The Morgan fingerprint density at radius 2 is 1.57 bits per heavy atom. The molecule has 0 aliphatic carbocycles. The molecule has 0 saturated carbocycles. The molecule has 3 aromatic rings. The van der Waals surface area contributed by atoms with E-state index in [1.807, 2.05) is 0 Å². The van der Waals surface area contributed by atoms with Gasteiger partial charge in [0.2, 0.25) is 5.69 Å². The van der Waals surface area contributed by atoms with E-state index in [4.69, 9.17) is 0 Å². The van der Waals surface area contributed by atoms with Crippen LogP contribution in [0.2, 0.25) is 0 Å². The number of hydrogen-bond acceptors (Lipinski definition) is 4. The van der Waals surface area contributed by atoms with Gasteiger partial charge in [-0.25, -0.2) is 13.6 Å². The second kappa shape index (κ2) is 7.95. The number of hydrogen-bond donors (Lipinski definition) is 1. The van der Waals surface area contributed by atoms with Gasteiger partial charge in [-0.3, -0.25) is 14.2 Å². The van der Waals surface area contributed by atoms with E-state index >= 15 is 0 Å². The molecule has 3 rings (SSSR count). The van der Waals surface area contributed by atoms with Gasteiger partial charge in [0.1, 0.15) is 11.6 Å². The van der Waals surface area contributed by atoms with Crippen molar-refractivity contribution >= 4 is 5.91 Å². The summed E-state index contributed by atoms with van der Waals surface area (Å²) >= 11 is 0. The minimum atomic E-state index is -0.876. The first kappa shape index (κ1) is 19.2. The quantitative estimate of drug-likeness (QED) is 0.720. The van der Waals surface area contributed by atoms with Crippen LogP contribution < -0.4 is 16.6 Å². The van der Waals surface area contributed by atoms with E-state index in [9.17, 15) is 23.2 Å². The van der Waals surface area contributed by atoms with Gasteiger partial charge < -0.3 is 5.32 Å². The van der Waals surface area contributed by atoms with Crippen molar-refractivity contribution in [3.05, 3.63) is 92.3 Å². The Morgan fingerprint density at radius 3 is 2.14 bits per heavy atom. The van der Waals surface area contributed by atoms with Gasteiger partial charge in [0, 0.05) is 6.54 Å². The van der Waals surface area contributed by atoms with Crippen LogP contribution in [0.25, 0.3) is 5.69 Å². The third kappa shape index (κ3) is 3.88. The molecule has 0 unspecified atom stereocenters. The average molecular weight is 386 g/mol. The molecule has 1 aromatic heterocycles. The number of nitrogens with zero attached hydrogens (tertiary/aromatic N) is 3. The standard InChI is InChI=1S/C19H16F2N4O3/c1-2-22-17(26)16-18(27)24(11-12-3-5-13(20)6-4-12)19(28)25(23-16)15-9-7-14(21)8-10-15/h3-10H,2,11H2,1H3,(H,22,26). The van der Waals surface area contributed by atoms with Crippen LogP contribution in [0.3, 0.4) is 0 Å². The molecule has 2 aromatic carbocycles. The maximum absolute atomic E-state index is 13.2. The first-order valence-electron chi connectivity index (χ1n) is 8.43. The highest BCUT2D eigenvalue weighted by Gasteiger charge is 2.20. The smallest absolute Gasteiger partial charge is 0.351 e. The first-order valence-corrected chi connectivity index (χ1v) is 8.43. The highest BCUT2D eigenvalue weighted by molar-refractivity contribution is 5.91. The fourth-order valence-corrected chi connectivity index (χ4v) is 2.56. The van der Waals surface area contributed by atoms with Crippen LogP contribution in [0.4, 0.5) is 8.78 Å². The van der Waals surface area contributed by atoms with Gasteiger partial charge in [-0.05, 0) is 48.9 Å². The van der Waals surface area contributed by atoms with Crippen molar-refractivity contribution in [1.82, 2.24) is 19.7 Å². The molecule has 0 atom stereocenters. The molecule has 1 N–H and O–H groups in total. The summed E-state index contributed by atoms with van der Waals surface area (Å²) in [4.78, 5) is 37.8. The fraction of sp³-hybridized carbons (Fsp3) is 0.158. The number of benzene rings is 2. The Balaban J connectivity index is 2.20. The molecule has 28 heavy (non-hydrogen) atoms. The minimum absolute atomic E-state index is 0.185. The van der Waals surface area contributed by atoms with Crippen LogP contribution in [0.1, 0.15) is 23.0 Å². The van der Waals surface area contributed by atoms with E-state index in [-0.39, 0.29) is 18.8 Å². The topological polar surface area (TPSA) is 86.0 Å². The maximum Gasteiger partial charge on any atom is 0.352 e. The Hall–Kier alpha value is -3.62. The number of amides is 1. The lowest BCUT2D eigenvalue weighted by Gasteiger charge is -2.12. The van der Waals surface area contributed by atoms with Gasteiger partial charge >= 0.3 is 5.69 Å². The Bertz CT molecular complexity index is 1120. The molecule has 0 aliphatic heterocycles. The zero-order chi connectivity index (χ0) is 20.3. The summed E-state index contributed by atoms with van der Waals surface area (Å²) in [6.07, 6.45) is 0. The van der Waals surface area contributed by atoms with Crippen LogP contribution in [0.5, 0.6) is 0 Å². The molecule has 0 radical (unpaired) electrons. The molecule has 1 heterocycles. The van der Waals surface area contributed by atoms with Crippen LogP contribution in [-0.4, -0.2) is 26.8 Å². The van der Waals surface area contributed by atoms with Crippen molar-refractivity contribution in [2.75, 3.05) is 6.54 Å². The van der Waals surface area contributed by atoms with Crippen molar-refractivity contribution in [2.45, 2.75) is 13.5 Å². The van der Waals surface area contributed by atoms with Crippen LogP contribution >= 0.6 is 0 Å². The minimum Gasteiger partial charge on any atom is -0.351 e. The SMILES string of the molecule is CCNC(=O)c1nn(-c2ccc(F)cc2)c(=O)n(Cc2ccc(F)cc2)c1=O. The molecule has 9 heteroatoms. The first-order chi connectivity index (χ1) is 13.4. The molecule has 0 aliphatic rings. The fourth-order valence-electron chi connectivity index (χ4n) is 2.56. The van der Waals surface area contributed by atoms with E-state index in [2.05, 4.69) is 10.4 Å². The van der Waals surface area contributed by atoms with Gasteiger partial charge in [-0.1, -0.05) is 12.1 Å². The summed E-state index contributed by atoms with van der Waals surface area (Å²) in [5.41, 5.74) is -1.50. The summed E-state index contributed by atoms with van der Waals surface area (Å²) in [7, 11) is 0. The molecule has 1 amide bonds. The van der Waals surface area contributed by atoms with Crippen molar-refractivity contribution in [1.29, 1.82) is 0 Å². The molecule has 0 saturated heterocycles. The maximum atomic E-state index is 13.2. The van der Waals surface area contributed by atoms with Crippen molar-refractivity contribution in [3.8, 4) is 5.69 Å². The summed E-state index contributed by atoms with van der Waals surface area (Å²) in [6, 6.07) is 10.1. The van der Waals surface area contributed by atoms with E-state index in [1.165, 1.54) is 36.4 Å². The second-order valence-electron chi connectivity index (χ2n) is 5.90. The van der Waals surface area contributed by atoms with Crippen molar-refractivity contribution < 1.29 is 13.6 Å². The Morgan fingerprint density at radius 1 is 1.00 bits per heavy atom. The molecule has 7 nitrogen and oxygen atoms in total. The summed E-state index contributed by atoms with van der Waals surface area (Å²) in [6.45, 7) is 1.74. The number of carbonyl (C=O) groups excluding carboxylic acids is 1. The third-order valence-electron chi connectivity index (χ3n) is 3.94. The predicted molar refractivity (Wildman–Crippen MR) is 97.6 cm³/mol.